The zero-order chi connectivity index (χ0) is 16.2. The SMILES string of the molecule is O=C(Cn1ccc2ccc(Br)cc21)NC(CO)c1ccccc1. The Bertz CT molecular complexity index is 814. The lowest BCUT2D eigenvalue weighted by Gasteiger charge is -2.17. The van der Waals surface area contributed by atoms with Gasteiger partial charge < -0.3 is 15.0 Å². The van der Waals surface area contributed by atoms with Crippen LogP contribution in [0.1, 0.15) is 11.6 Å². The minimum Gasteiger partial charge on any atom is -0.394 e. The fourth-order valence-electron chi connectivity index (χ4n) is 2.61. The van der Waals surface area contributed by atoms with Gasteiger partial charge in [-0.25, -0.2) is 0 Å². The molecule has 2 N–H and O–H groups in total. The van der Waals surface area contributed by atoms with Crippen LogP contribution in [0.25, 0.3) is 10.9 Å². The summed E-state index contributed by atoms with van der Waals surface area (Å²) in [6.45, 7) is 0.0804. The largest absolute Gasteiger partial charge is 0.394 e. The quantitative estimate of drug-likeness (QED) is 0.722. The van der Waals surface area contributed by atoms with Crippen LogP contribution in [0.15, 0.2) is 65.3 Å². The topological polar surface area (TPSA) is 54.3 Å². The number of amides is 1. The molecule has 1 heterocycles. The molecule has 3 rings (SSSR count). The van der Waals surface area contributed by atoms with Crippen molar-refractivity contribution in [1.82, 2.24) is 9.88 Å². The summed E-state index contributed by atoms with van der Waals surface area (Å²) < 4.78 is 2.87. The summed E-state index contributed by atoms with van der Waals surface area (Å²) in [4.78, 5) is 12.3. The summed E-state index contributed by atoms with van der Waals surface area (Å²) in [5.41, 5.74) is 1.89. The van der Waals surface area contributed by atoms with E-state index >= 15 is 0 Å². The first-order valence-corrected chi connectivity index (χ1v) is 8.16. The van der Waals surface area contributed by atoms with E-state index in [1.807, 2.05) is 65.4 Å². The van der Waals surface area contributed by atoms with Crippen LogP contribution in [0.3, 0.4) is 0 Å². The molecule has 0 fully saturated rings. The van der Waals surface area contributed by atoms with Crippen molar-refractivity contribution in [3.8, 4) is 0 Å². The number of carbonyl (C=O) groups is 1. The first-order chi connectivity index (χ1) is 11.2. The van der Waals surface area contributed by atoms with Crippen molar-refractivity contribution in [1.29, 1.82) is 0 Å². The second-order valence-electron chi connectivity index (χ2n) is 5.36. The van der Waals surface area contributed by atoms with Gasteiger partial charge in [0.05, 0.1) is 12.6 Å². The number of benzene rings is 2. The predicted octanol–water partition coefficient (Wildman–Crippen LogP) is 3.25. The van der Waals surface area contributed by atoms with E-state index in [1.165, 1.54) is 0 Å². The second-order valence-corrected chi connectivity index (χ2v) is 6.28. The van der Waals surface area contributed by atoms with Crippen molar-refractivity contribution in [2.75, 3.05) is 6.61 Å². The van der Waals surface area contributed by atoms with E-state index in [0.29, 0.717) is 0 Å². The highest BCUT2D eigenvalue weighted by Crippen LogP contribution is 2.21. The van der Waals surface area contributed by atoms with E-state index in [1.54, 1.807) is 0 Å². The molecule has 0 aliphatic carbocycles. The number of nitrogens with zero attached hydrogens (tertiary/aromatic N) is 1. The van der Waals surface area contributed by atoms with Crippen LogP contribution in [0.2, 0.25) is 0 Å². The number of aromatic nitrogens is 1. The molecule has 0 radical (unpaired) electrons. The van der Waals surface area contributed by atoms with Crippen LogP contribution in [0.5, 0.6) is 0 Å². The number of carbonyl (C=O) groups excluding carboxylic acids is 1. The summed E-state index contributed by atoms with van der Waals surface area (Å²) in [7, 11) is 0. The Labute approximate surface area is 142 Å². The number of halogens is 1. The molecule has 0 saturated carbocycles. The van der Waals surface area contributed by atoms with E-state index < -0.39 is 6.04 Å². The highest BCUT2D eigenvalue weighted by Gasteiger charge is 2.14. The summed E-state index contributed by atoms with van der Waals surface area (Å²) in [5.74, 6) is -0.134. The molecule has 118 valence electrons. The maximum Gasteiger partial charge on any atom is 0.240 e. The van der Waals surface area contributed by atoms with Gasteiger partial charge in [0.15, 0.2) is 0 Å². The van der Waals surface area contributed by atoms with Crippen molar-refractivity contribution in [3.05, 3.63) is 70.8 Å². The third-order valence-corrected chi connectivity index (χ3v) is 4.26. The number of hydrogen-bond donors (Lipinski definition) is 2. The minimum absolute atomic E-state index is 0.131. The maximum atomic E-state index is 12.3. The molecule has 1 amide bonds. The number of hydrogen-bond acceptors (Lipinski definition) is 2. The van der Waals surface area contributed by atoms with Gasteiger partial charge in [0.2, 0.25) is 5.91 Å². The highest BCUT2D eigenvalue weighted by molar-refractivity contribution is 9.10. The molecule has 3 aromatic rings. The van der Waals surface area contributed by atoms with Gasteiger partial charge in [-0.2, -0.15) is 0 Å². The lowest BCUT2D eigenvalue weighted by atomic mass is 10.1. The maximum absolute atomic E-state index is 12.3. The third kappa shape index (κ3) is 3.63. The number of aliphatic hydroxyl groups excluding tert-OH is 1. The molecule has 0 bridgehead atoms. The van der Waals surface area contributed by atoms with Gasteiger partial charge in [-0.15, -0.1) is 0 Å². The van der Waals surface area contributed by atoms with Gasteiger partial charge in [-0.3, -0.25) is 4.79 Å². The van der Waals surface area contributed by atoms with Crippen molar-refractivity contribution in [2.45, 2.75) is 12.6 Å². The summed E-state index contributed by atoms with van der Waals surface area (Å²) in [6.07, 6.45) is 1.90. The monoisotopic (exact) mass is 372 g/mol. The molecule has 23 heavy (non-hydrogen) atoms. The minimum atomic E-state index is -0.391. The fourth-order valence-corrected chi connectivity index (χ4v) is 2.96. The average molecular weight is 373 g/mol. The van der Waals surface area contributed by atoms with Gasteiger partial charge in [-0.1, -0.05) is 52.3 Å². The van der Waals surface area contributed by atoms with Crippen LogP contribution >= 0.6 is 15.9 Å². The first kappa shape index (κ1) is 15.8. The van der Waals surface area contributed by atoms with Gasteiger partial charge in [-0.05, 0) is 29.1 Å². The first-order valence-electron chi connectivity index (χ1n) is 7.37. The van der Waals surface area contributed by atoms with Crippen LogP contribution in [-0.2, 0) is 11.3 Å². The Morgan fingerprint density at radius 3 is 2.70 bits per heavy atom. The van der Waals surface area contributed by atoms with Gasteiger partial charge in [0.25, 0.3) is 0 Å². The van der Waals surface area contributed by atoms with Crippen LogP contribution in [0, 0.1) is 0 Å². The van der Waals surface area contributed by atoms with Crippen LogP contribution < -0.4 is 5.32 Å². The molecule has 2 aromatic carbocycles. The molecule has 1 unspecified atom stereocenters. The molecule has 5 heteroatoms. The molecular formula is C18H17BrN2O2. The Kier molecular flexibility index (Phi) is 4.79. The van der Waals surface area contributed by atoms with E-state index in [4.69, 9.17) is 0 Å². The molecule has 0 saturated heterocycles. The Hall–Kier alpha value is -2.11. The lowest BCUT2D eigenvalue weighted by molar-refractivity contribution is -0.122. The molecule has 1 aromatic heterocycles. The van der Waals surface area contributed by atoms with Crippen molar-refractivity contribution in [3.63, 3.8) is 0 Å². The van der Waals surface area contributed by atoms with Gasteiger partial charge in [0, 0.05) is 16.2 Å². The van der Waals surface area contributed by atoms with E-state index in [-0.39, 0.29) is 19.1 Å². The zero-order valence-electron chi connectivity index (χ0n) is 12.4. The number of aliphatic hydroxyl groups is 1. The lowest BCUT2D eigenvalue weighted by Crippen LogP contribution is -2.33. The molecule has 1 atom stereocenters. The van der Waals surface area contributed by atoms with Crippen molar-refractivity contribution < 1.29 is 9.90 Å². The third-order valence-electron chi connectivity index (χ3n) is 3.77. The molecular weight excluding hydrogens is 356 g/mol. The van der Waals surface area contributed by atoms with Crippen LogP contribution in [0.4, 0.5) is 0 Å². The number of fused-ring (bicyclic) bond motifs is 1. The molecule has 0 spiro atoms. The number of rotatable bonds is 5. The molecule has 0 aliphatic heterocycles. The normalized spacial score (nSPS) is 12.3. The van der Waals surface area contributed by atoms with Crippen LogP contribution in [-0.4, -0.2) is 22.2 Å². The molecule has 0 aliphatic rings. The Morgan fingerprint density at radius 1 is 1.17 bits per heavy atom. The smallest absolute Gasteiger partial charge is 0.240 e. The number of nitrogens with one attached hydrogen (secondary N) is 1. The Morgan fingerprint density at radius 2 is 1.96 bits per heavy atom. The standard InChI is InChI=1S/C18H17BrN2O2/c19-15-7-6-14-8-9-21(17(14)10-15)11-18(23)20-16(12-22)13-4-2-1-3-5-13/h1-10,16,22H,11-12H2,(H,20,23). The highest BCUT2D eigenvalue weighted by atomic mass is 79.9. The summed E-state index contributed by atoms with van der Waals surface area (Å²) in [5, 5.41) is 13.5. The predicted molar refractivity (Wildman–Crippen MR) is 94.0 cm³/mol. The van der Waals surface area contributed by atoms with E-state index in [9.17, 15) is 9.90 Å². The zero-order valence-corrected chi connectivity index (χ0v) is 14.0. The van der Waals surface area contributed by atoms with Gasteiger partial charge >= 0.3 is 0 Å². The van der Waals surface area contributed by atoms with Crippen molar-refractivity contribution in [2.24, 2.45) is 0 Å². The van der Waals surface area contributed by atoms with E-state index in [2.05, 4.69) is 21.2 Å². The fraction of sp³-hybridized carbons (Fsp3) is 0.167. The molecule has 4 nitrogen and oxygen atoms in total. The summed E-state index contributed by atoms with van der Waals surface area (Å²) in [6, 6.07) is 17.0. The van der Waals surface area contributed by atoms with Gasteiger partial charge in [0.1, 0.15) is 6.54 Å². The van der Waals surface area contributed by atoms with Crippen molar-refractivity contribution >= 4 is 32.7 Å². The second kappa shape index (κ2) is 6.98. The Balaban J connectivity index is 1.74. The van der Waals surface area contributed by atoms with E-state index in [0.717, 1.165) is 20.9 Å². The summed E-state index contributed by atoms with van der Waals surface area (Å²) >= 11 is 3.45. The average Bonchev–Trinajstić information content (AvgIpc) is 2.95.